The molecule has 1 aliphatic heterocycles. The van der Waals surface area contributed by atoms with Crippen LogP contribution in [0.2, 0.25) is 0 Å². The van der Waals surface area contributed by atoms with Crippen LogP contribution in [0.3, 0.4) is 0 Å². The normalized spacial score (nSPS) is 24.1. The van der Waals surface area contributed by atoms with Crippen molar-refractivity contribution in [3.63, 3.8) is 0 Å². The van der Waals surface area contributed by atoms with Crippen LogP contribution >= 0.6 is 15.6 Å². The third kappa shape index (κ3) is 5.71. The van der Waals surface area contributed by atoms with Gasteiger partial charge in [-0.25, -0.2) is 13.9 Å². The van der Waals surface area contributed by atoms with Gasteiger partial charge < -0.3 is 29.6 Å². The molecule has 36 heavy (non-hydrogen) atoms. The number of rotatable bonds is 8. The van der Waals surface area contributed by atoms with Crippen LogP contribution in [-0.2, 0) is 29.2 Å². The smallest absolute Gasteiger partial charge is 0.387 e. The molecule has 3 unspecified atom stereocenters. The van der Waals surface area contributed by atoms with E-state index in [9.17, 15) is 33.8 Å². The number of phosphoric acid groups is 2. The minimum atomic E-state index is -5.37. The molecule has 1 fully saturated rings. The van der Waals surface area contributed by atoms with Gasteiger partial charge >= 0.3 is 21.3 Å². The third-order valence-electron chi connectivity index (χ3n) is 5.38. The van der Waals surface area contributed by atoms with Crippen LogP contribution in [0.4, 0.5) is 0 Å². The lowest BCUT2D eigenvalue weighted by atomic mass is 10.1. The molecule has 1 aromatic carbocycles. The first-order valence-corrected chi connectivity index (χ1v) is 13.3. The van der Waals surface area contributed by atoms with Crippen molar-refractivity contribution < 1.29 is 47.6 Å². The number of hydrogen-bond donors (Lipinski definition) is 5. The minimum absolute atomic E-state index is 0.203. The average molecular weight is 545 g/mol. The number of aliphatic hydroxyl groups excluding tert-OH is 2. The second-order valence-corrected chi connectivity index (χ2v) is 10.6. The van der Waals surface area contributed by atoms with E-state index in [0.29, 0.717) is 5.69 Å². The molecule has 0 radical (unpaired) electrons. The highest BCUT2D eigenvalue weighted by Gasteiger charge is 2.46. The molecule has 3 heterocycles. The summed E-state index contributed by atoms with van der Waals surface area (Å²) in [7, 11) is -10.6. The van der Waals surface area contributed by atoms with Crippen molar-refractivity contribution >= 4 is 26.4 Å². The van der Waals surface area contributed by atoms with Crippen LogP contribution < -0.4 is 11.2 Å². The predicted octanol–water partition coefficient (Wildman–Crippen LogP) is -0.548. The molecule has 0 bridgehead atoms. The van der Waals surface area contributed by atoms with Crippen LogP contribution in [0.1, 0.15) is 11.9 Å². The number of ether oxygens (including phenoxy) is 1. The van der Waals surface area contributed by atoms with E-state index < -0.39 is 58.0 Å². The number of pyridine rings is 1. The number of nitrogens with zero attached hydrogens (tertiary/aromatic N) is 3. The summed E-state index contributed by atoms with van der Waals surface area (Å²) < 4.78 is 37.6. The Morgan fingerprint density at radius 2 is 1.75 bits per heavy atom. The fourth-order valence-electron chi connectivity index (χ4n) is 3.75. The zero-order valence-electron chi connectivity index (χ0n) is 18.2. The maximum atomic E-state index is 13.2. The second kappa shape index (κ2) is 10.1. The van der Waals surface area contributed by atoms with Gasteiger partial charge in [0.2, 0.25) is 0 Å². The van der Waals surface area contributed by atoms with Gasteiger partial charge in [-0.05, 0) is 11.5 Å². The molecule has 17 heteroatoms. The van der Waals surface area contributed by atoms with E-state index in [1.165, 1.54) is 6.20 Å². The van der Waals surface area contributed by atoms with Gasteiger partial charge in [-0.15, -0.1) is 0 Å². The molecular formula is C19H21N3O12P2. The summed E-state index contributed by atoms with van der Waals surface area (Å²) in [4.78, 5) is 56.6. The predicted molar refractivity (Wildman–Crippen MR) is 121 cm³/mol. The third-order valence-corrected chi connectivity index (χ3v) is 7.53. The van der Waals surface area contributed by atoms with Crippen molar-refractivity contribution in [2.45, 2.75) is 31.1 Å². The molecule has 5 N–H and O–H groups in total. The van der Waals surface area contributed by atoms with Crippen molar-refractivity contribution in [2.75, 3.05) is 6.61 Å². The van der Waals surface area contributed by atoms with Crippen LogP contribution in [-0.4, -0.2) is 63.9 Å². The van der Waals surface area contributed by atoms with Gasteiger partial charge in [0, 0.05) is 23.8 Å². The number of hydrogen-bond acceptors (Lipinski definition) is 10. The van der Waals surface area contributed by atoms with E-state index >= 15 is 0 Å². The van der Waals surface area contributed by atoms with Gasteiger partial charge in [-0.1, -0.05) is 24.3 Å². The van der Waals surface area contributed by atoms with Crippen LogP contribution in [0, 0.1) is 0 Å². The summed E-state index contributed by atoms with van der Waals surface area (Å²) in [6, 6.07) is 10.1. The van der Waals surface area contributed by atoms with Gasteiger partial charge in [-0.3, -0.25) is 23.4 Å². The van der Waals surface area contributed by atoms with Crippen molar-refractivity contribution in [3.8, 4) is 0 Å². The van der Waals surface area contributed by atoms with Crippen molar-refractivity contribution in [3.05, 3.63) is 75.3 Å². The maximum absolute atomic E-state index is 13.2. The van der Waals surface area contributed by atoms with E-state index in [0.717, 1.165) is 32.2 Å². The zero-order chi connectivity index (χ0) is 26.3. The molecule has 0 aliphatic carbocycles. The van der Waals surface area contributed by atoms with E-state index in [1.54, 1.807) is 18.2 Å². The lowest BCUT2D eigenvalue weighted by molar-refractivity contribution is -0.0547. The zero-order valence-corrected chi connectivity index (χ0v) is 20.0. The number of aromatic nitrogens is 3. The Balaban J connectivity index is 1.58. The van der Waals surface area contributed by atoms with Gasteiger partial charge in [0.15, 0.2) is 6.23 Å². The highest BCUT2D eigenvalue weighted by molar-refractivity contribution is 7.60. The Hall–Kier alpha value is -2.55. The summed E-state index contributed by atoms with van der Waals surface area (Å²) in [6.07, 6.45) is -3.93. The average Bonchev–Trinajstić information content (AvgIpc) is 3.07. The first kappa shape index (κ1) is 26.5. The van der Waals surface area contributed by atoms with Crippen molar-refractivity contribution in [1.29, 1.82) is 0 Å². The van der Waals surface area contributed by atoms with Gasteiger partial charge in [0.1, 0.15) is 18.3 Å². The van der Waals surface area contributed by atoms with Crippen molar-refractivity contribution in [1.82, 2.24) is 14.1 Å². The second-order valence-electron chi connectivity index (χ2n) is 7.79. The van der Waals surface area contributed by atoms with E-state index in [2.05, 4.69) is 13.8 Å². The molecule has 1 saturated heterocycles. The standard InChI is InChI=1S/C19H21N3O12P2/c23-15-6-8-21(19(26)22(15)9-13-12-4-2-1-3-11(12)5-7-20-13)18-17(25)16(24)14(33-18)10-32-36(30,31)34-35(27,28)29/h1-8,14,16-18,24-25H,9-10H2,(H,30,31)(H2,27,28,29)/t14-,16?,17?,18-/m1/s1. The molecule has 3 aromatic rings. The Labute approximate surface area is 201 Å². The summed E-state index contributed by atoms with van der Waals surface area (Å²) in [6.45, 7) is -1.14. The largest absolute Gasteiger partial charge is 0.481 e. The topological polar surface area (TPSA) is 220 Å². The molecule has 0 spiro atoms. The Morgan fingerprint density at radius 3 is 2.47 bits per heavy atom. The van der Waals surface area contributed by atoms with Gasteiger partial charge in [0.05, 0.1) is 18.8 Å². The minimum Gasteiger partial charge on any atom is -0.387 e. The molecule has 2 aromatic heterocycles. The quantitative estimate of drug-likeness (QED) is 0.225. The monoisotopic (exact) mass is 545 g/mol. The summed E-state index contributed by atoms with van der Waals surface area (Å²) in [5.74, 6) is 0. The Bertz CT molecular complexity index is 1480. The van der Waals surface area contributed by atoms with E-state index in [-0.39, 0.29) is 6.54 Å². The maximum Gasteiger partial charge on any atom is 0.481 e. The fraction of sp³-hybridized carbons (Fsp3) is 0.316. The Kier molecular flexibility index (Phi) is 7.42. The molecular weight excluding hydrogens is 524 g/mol. The first-order chi connectivity index (χ1) is 16.9. The van der Waals surface area contributed by atoms with Gasteiger partial charge in [0.25, 0.3) is 5.56 Å². The molecule has 194 valence electrons. The van der Waals surface area contributed by atoms with Crippen LogP contribution in [0.25, 0.3) is 10.8 Å². The number of fused-ring (bicyclic) bond motifs is 1. The fourth-order valence-corrected chi connectivity index (χ4v) is 5.35. The molecule has 15 nitrogen and oxygen atoms in total. The summed E-state index contributed by atoms with van der Waals surface area (Å²) in [5.41, 5.74) is -1.12. The highest BCUT2D eigenvalue weighted by atomic mass is 31.3. The molecule has 5 atom stereocenters. The SMILES string of the molecule is O=c1ccn([C@@H]2O[C@H](COP(=O)(O)OP(=O)(O)O)C(O)C2O)c(=O)n1Cc1nccc2ccccc12. The molecule has 1 aliphatic rings. The molecule has 0 saturated carbocycles. The highest BCUT2D eigenvalue weighted by Crippen LogP contribution is 2.57. The first-order valence-electron chi connectivity index (χ1n) is 10.3. The number of benzene rings is 1. The molecule has 4 rings (SSSR count). The van der Waals surface area contributed by atoms with E-state index in [1.807, 2.05) is 12.1 Å². The lowest BCUT2D eigenvalue weighted by Gasteiger charge is -2.19. The van der Waals surface area contributed by atoms with Crippen LogP contribution in [0.15, 0.2) is 58.4 Å². The number of phosphoric ester groups is 1. The van der Waals surface area contributed by atoms with Gasteiger partial charge in [-0.2, -0.15) is 4.31 Å². The van der Waals surface area contributed by atoms with E-state index in [4.69, 9.17) is 14.5 Å². The van der Waals surface area contributed by atoms with Crippen molar-refractivity contribution in [2.24, 2.45) is 0 Å². The number of aliphatic hydroxyl groups is 2. The Morgan fingerprint density at radius 1 is 1.03 bits per heavy atom. The summed E-state index contributed by atoms with van der Waals surface area (Å²) >= 11 is 0. The summed E-state index contributed by atoms with van der Waals surface area (Å²) in [5, 5.41) is 22.3. The lowest BCUT2D eigenvalue weighted by Crippen LogP contribution is -2.43. The van der Waals surface area contributed by atoms with Crippen LogP contribution in [0.5, 0.6) is 0 Å². The molecule has 0 amide bonds.